The van der Waals surface area contributed by atoms with Gasteiger partial charge in [-0.1, -0.05) is 31.4 Å². The fraction of sp³-hybridized carbons (Fsp3) is 0.500. The molecule has 1 aliphatic rings. The van der Waals surface area contributed by atoms with Crippen molar-refractivity contribution in [1.82, 2.24) is 5.32 Å². The fourth-order valence-electron chi connectivity index (χ4n) is 2.37. The van der Waals surface area contributed by atoms with E-state index in [4.69, 9.17) is 0 Å². The van der Waals surface area contributed by atoms with Crippen molar-refractivity contribution in [3.8, 4) is 0 Å². The number of nitrogens with one attached hydrogen (secondary N) is 2. The molecule has 0 spiro atoms. The molecule has 0 aromatic heterocycles. The topological polar surface area (TPSA) is 41.1 Å². The number of hydrogen-bond donors (Lipinski definition) is 2. The van der Waals surface area contributed by atoms with Gasteiger partial charge in [-0.2, -0.15) is 0 Å². The van der Waals surface area contributed by atoms with Gasteiger partial charge >= 0.3 is 6.03 Å². The SMILES string of the molecule is Cc1cccc(F)c1NC(=O)NC1CCCCC1. The molecule has 1 saturated carbocycles. The number of carbonyl (C=O) groups is 1. The van der Waals surface area contributed by atoms with E-state index in [1.54, 1.807) is 19.1 Å². The summed E-state index contributed by atoms with van der Waals surface area (Å²) in [6.07, 6.45) is 5.59. The standard InChI is InChI=1S/C14H19FN2O/c1-10-6-5-9-12(15)13(10)17-14(18)16-11-7-3-2-4-8-11/h5-6,9,11H,2-4,7-8H2,1H3,(H2,16,17,18). The zero-order chi connectivity index (χ0) is 13.0. The maximum Gasteiger partial charge on any atom is 0.319 e. The highest BCUT2D eigenvalue weighted by atomic mass is 19.1. The maximum absolute atomic E-state index is 13.5. The molecule has 18 heavy (non-hydrogen) atoms. The Hall–Kier alpha value is -1.58. The highest BCUT2D eigenvalue weighted by Crippen LogP contribution is 2.20. The van der Waals surface area contributed by atoms with Crippen molar-refractivity contribution in [2.24, 2.45) is 0 Å². The molecule has 0 atom stereocenters. The third-order valence-corrected chi connectivity index (χ3v) is 3.40. The first kappa shape index (κ1) is 12.9. The van der Waals surface area contributed by atoms with Gasteiger partial charge in [0.2, 0.25) is 0 Å². The number of benzene rings is 1. The molecule has 0 heterocycles. The summed E-state index contributed by atoms with van der Waals surface area (Å²) >= 11 is 0. The van der Waals surface area contributed by atoms with Gasteiger partial charge < -0.3 is 10.6 Å². The van der Waals surface area contributed by atoms with Crippen molar-refractivity contribution in [2.75, 3.05) is 5.32 Å². The van der Waals surface area contributed by atoms with Crippen molar-refractivity contribution in [1.29, 1.82) is 0 Å². The van der Waals surface area contributed by atoms with Gasteiger partial charge in [-0.3, -0.25) is 0 Å². The zero-order valence-electron chi connectivity index (χ0n) is 10.6. The average molecular weight is 250 g/mol. The summed E-state index contributed by atoms with van der Waals surface area (Å²) in [6.45, 7) is 1.78. The quantitative estimate of drug-likeness (QED) is 0.827. The van der Waals surface area contributed by atoms with Crippen LogP contribution in [0.5, 0.6) is 0 Å². The second-order valence-electron chi connectivity index (χ2n) is 4.87. The largest absolute Gasteiger partial charge is 0.335 e. The van der Waals surface area contributed by atoms with Gasteiger partial charge in [-0.25, -0.2) is 9.18 Å². The lowest BCUT2D eigenvalue weighted by molar-refractivity contribution is 0.244. The molecular formula is C14H19FN2O. The van der Waals surface area contributed by atoms with Gasteiger partial charge in [-0.05, 0) is 31.4 Å². The van der Waals surface area contributed by atoms with Crippen LogP contribution in [0.3, 0.4) is 0 Å². The molecule has 1 aromatic carbocycles. The van der Waals surface area contributed by atoms with E-state index in [1.807, 2.05) is 0 Å². The van der Waals surface area contributed by atoms with Crippen molar-refractivity contribution in [3.63, 3.8) is 0 Å². The third-order valence-electron chi connectivity index (χ3n) is 3.40. The average Bonchev–Trinajstić information content (AvgIpc) is 2.35. The van der Waals surface area contributed by atoms with Gasteiger partial charge in [0, 0.05) is 6.04 Å². The molecule has 0 aliphatic heterocycles. The Morgan fingerprint density at radius 2 is 2.00 bits per heavy atom. The summed E-state index contributed by atoms with van der Waals surface area (Å²) in [5, 5.41) is 5.51. The highest BCUT2D eigenvalue weighted by molar-refractivity contribution is 5.90. The van der Waals surface area contributed by atoms with E-state index in [9.17, 15) is 9.18 Å². The summed E-state index contributed by atoms with van der Waals surface area (Å²) in [6, 6.07) is 4.68. The van der Waals surface area contributed by atoms with Gasteiger partial charge in [0.1, 0.15) is 5.82 Å². The van der Waals surface area contributed by atoms with Crippen LogP contribution in [0.15, 0.2) is 18.2 Å². The Balaban J connectivity index is 1.94. The van der Waals surface area contributed by atoms with Crippen LogP contribution in [0.1, 0.15) is 37.7 Å². The highest BCUT2D eigenvalue weighted by Gasteiger charge is 2.16. The molecule has 2 N–H and O–H groups in total. The number of amides is 2. The number of carbonyl (C=O) groups excluding carboxylic acids is 1. The van der Waals surface area contributed by atoms with Crippen LogP contribution in [-0.2, 0) is 0 Å². The Kier molecular flexibility index (Phi) is 4.18. The number of aryl methyl sites for hydroxylation is 1. The number of hydrogen-bond acceptors (Lipinski definition) is 1. The minimum atomic E-state index is -0.395. The van der Waals surface area contributed by atoms with Crippen LogP contribution >= 0.6 is 0 Å². The molecule has 1 aliphatic carbocycles. The predicted octanol–water partition coefficient (Wildman–Crippen LogP) is 3.59. The molecule has 0 bridgehead atoms. The minimum Gasteiger partial charge on any atom is -0.335 e. The van der Waals surface area contributed by atoms with E-state index in [1.165, 1.54) is 12.5 Å². The summed E-state index contributed by atoms with van der Waals surface area (Å²) in [7, 11) is 0. The van der Waals surface area contributed by atoms with Crippen LogP contribution in [-0.4, -0.2) is 12.1 Å². The first-order valence-electron chi connectivity index (χ1n) is 6.49. The zero-order valence-corrected chi connectivity index (χ0v) is 10.6. The molecular weight excluding hydrogens is 231 g/mol. The van der Waals surface area contributed by atoms with Gasteiger partial charge in [0.15, 0.2) is 0 Å². The minimum absolute atomic E-state index is 0.228. The number of halogens is 1. The van der Waals surface area contributed by atoms with Gasteiger partial charge in [0.25, 0.3) is 0 Å². The van der Waals surface area contributed by atoms with E-state index < -0.39 is 5.82 Å². The molecule has 0 radical (unpaired) electrons. The van der Waals surface area contributed by atoms with Crippen LogP contribution in [0.25, 0.3) is 0 Å². The van der Waals surface area contributed by atoms with Gasteiger partial charge in [-0.15, -0.1) is 0 Å². The second kappa shape index (κ2) is 5.85. The Labute approximate surface area is 107 Å². The van der Waals surface area contributed by atoms with E-state index in [2.05, 4.69) is 10.6 Å². The fourth-order valence-corrected chi connectivity index (χ4v) is 2.37. The Morgan fingerprint density at radius 1 is 1.28 bits per heavy atom. The molecule has 2 rings (SSSR count). The normalized spacial score (nSPS) is 16.3. The van der Waals surface area contributed by atoms with E-state index in [0.29, 0.717) is 0 Å². The summed E-state index contributed by atoms with van der Waals surface area (Å²) in [5.41, 5.74) is 1.000. The lowest BCUT2D eigenvalue weighted by Crippen LogP contribution is -2.39. The lowest BCUT2D eigenvalue weighted by Gasteiger charge is -2.23. The molecule has 0 unspecified atom stereocenters. The van der Waals surface area contributed by atoms with Crippen LogP contribution in [0, 0.1) is 12.7 Å². The number of urea groups is 1. The van der Waals surface area contributed by atoms with Crippen molar-refractivity contribution < 1.29 is 9.18 Å². The molecule has 3 nitrogen and oxygen atoms in total. The molecule has 4 heteroatoms. The lowest BCUT2D eigenvalue weighted by atomic mass is 9.96. The Bertz CT molecular complexity index is 408. The van der Waals surface area contributed by atoms with Gasteiger partial charge in [0.05, 0.1) is 5.69 Å². The third kappa shape index (κ3) is 3.22. The van der Waals surface area contributed by atoms with Crippen LogP contribution < -0.4 is 10.6 Å². The molecule has 98 valence electrons. The number of para-hydroxylation sites is 1. The monoisotopic (exact) mass is 250 g/mol. The molecule has 1 aromatic rings. The van der Waals surface area contributed by atoms with E-state index in [0.717, 1.165) is 31.2 Å². The first-order valence-corrected chi connectivity index (χ1v) is 6.49. The van der Waals surface area contributed by atoms with Crippen LogP contribution in [0.4, 0.5) is 14.9 Å². The summed E-state index contributed by atoms with van der Waals surface area (Å²) < 4.78 is 13.5. The van der Waals surface area contributed by atoms with Crippen molar-refractivity contribution in [3.05, 3.63) is 29.6 Å². The Morgan fingerprint density at radius 3 is 2.67 bits per heavy atom. The molecule has 0 saturated heterocycles. The molecule has 2 amide bonds. The predicted molar refractivity (Wildman–Crippen MR) is 70.2 cm³/mol. The number of rotatable bonds is 2. The summed E-state index contributed by atoms with van der Waals surface area (Å²) in [4.78, 5) is 11.8. The summed E-state index contributed by atoms with van der Waals surface area (Å²) in [5.74, 6) is -0.395. The van der Waals surface area contributed by atoms with Crippen molar-refractivity contribution >= 4 is 11.7 Å². The van der Waals surface area contributed by atoms with E-state index in [-0.39, 0.29) is 17.8 Å². The maximum atomic E-state index is 13.5. The van der Waals surface area contributed by atoms with E-state index >= 15 is 0 Å². The molecule has 1 fully saturated rings. The number of anilines is 1. The first-order chi connectivity index (χ1) is 8.66. The van der Waals surface area contributed by atoms with Crippen molar-refractivity contribution in [2.45, 2.75) is 45.1 Å². The van der Waals surface area contributed by atoms with Crippen LogP contribution in [0.2, 0.25) is 0 Å². The second-order valence-corrected chi connectivity index (χ2v) is 4.87. The smallest absolute Gasteiger partial charge is 0.319 e.